The predicted molar refractivity (Wildman–Crippen MR) is 84.9 cm³/mol. The molecule has 3 N–H and O–H groups in total. The monoisotopic (exact) mass is 328 g/mol. The van der Waals surface area contributed by atoms with E-state index in [0.717, 1.165) is 12.7 Å². The quantitative estimate of drug-likeness (QED) is 0.879. The molecule has 0 aliphatic carbocycles. The van der Waals surface area contributed by atoms with E-state index in [9.17, 15) is 8.42 Å². The van der Waals surface area contributed by atoms with Crippen LogP contribution < -0.4 is 11.1 Å². The molecule has 0 aliphatic heterocycles. The molecule has 8 heteroatoms. The van der Waals surface area contributed by atoms with Gasteiger partial charge < -0.3 is 11.1 Å². The van der Waals surface area contributed by atoms with E-state index in [-0.39, 0.29) is 16.5 Å². The zero-order valence-corrected chi connectivity index (χ0v) is 13.4. The van der Waals surface area contributed by atoms with Gasteiger partial charge in [-0.2, -0.15) is 0 Å². The Balaban J connectivity index is 2.58. The number of nitrogen functional groups attached to an aromatic ring is 1. The highest BCUT2D eigenvalue weighted by molar-refractivity contribution is 7.91. The molecule has 0 unspecified atom stereocenters. The number of aromatic nitrogens is 2. The van der Waals surface area contributed by atoms with Crippen LogP contribution in [0.5, 0.6) is 0 Å². The van der Waals surface area contributed by atoms with Gasteiger partial charge in [-0.15, -0.1) is 5.10 Å². The number of nitrogens with one attached hydrogen (secondary N) is 1. The smallest absolute Gasteiger partial charge is 0.182 e. The van der Waals surface area contributed by atoms with Gasteiger partial charge in [-0.05, 0) is 30.7 Å². The Labute approximate surface area is 128 Å². The van der Waals surface area contributed by atoms with E-state index in [0.29, 0.717) is 17.3 Å². The van der Waals surface area contributed by atoms with Crippen LogP contribution in [0.25, 0.3) is 5.69 Å². The van der Waals surface area contributed by atoms with Gasteiger partial charge in [0.1, 0.15) is 5.82 Å². The van der Waals surface area contributed by atoms with Gasteiger partial charge in [-0.3, -0.25) is 0 Å². The van der Waals surface area contributed by atoms with Gasteiger partial charge in [-0.25, -0.2) is 13.1 Å². The average Bonchev–Trinajstić information content (AvgIpc) is 2.74. The van der Waals surface area contributed by atoms with E-state index >= 15 is 0 Å². The summed E-state index contributed by atoms with van der Waals surface area (Å²) in [7, 11) is -3.49. The van der Waals surface area contributed by atoms with E-state index < -0.39 is 9.84 Å². The number of nitrogens with zero attached hydrogens (tertiary/aromatic N) is 2. The summed E-state index contributed by atoms with van der Waals surface area (Å²) in [5.41, 5.74) is 6.63. The highest BCUT2D eigenvalue weighted by Crippen LogP contribution is 2.29. The average molecular weight is 329 g/mol. The fraction of sp³-hybridized carbons (Fsp3) is 0.308. The van der Waals surface area contributed by atoms with Gasteiger partial charge >= 0.3 is 0 Å². The summed E-state index contributed by atoms with van der Waals surface area (Å²) in [5.74, 6) is 0.352. The molecule has 2 aromatic rings. The number of anilines is 2. The van der Waals surface area contributed by atoms with Gasteiger partial charge in [0.05, 0.1) is 5.69 Å². The predicted octanol–water partition coefficient (Wildman–Crippen LogP) is 2.33. The third-order valence-corrected chi connectivity index (χ3v) is 4.26. The van der Waals surface area contributed by atoms with E-state index in [4.69, 9.17) is 17.3 Å². The number of benzene rings is 1. The molecule has 0 saturated heterocycles. The van der Waals surface area contributed by atoms with Crippen molar-refractivity contribution in [2.24, 2.45) is 0 Å². The standard InChI is InChI=1S/C13H17ClN4O2S/c1-3-8-16-13-11(21(2,19)20)12(15)18(17-13)10-6-4-9(14)5-7-10/h4-7H,3,8,15H2,1-2H3,(H,16,17). The summed E-state index contributed by atoms with van der Waals surface area (Å²) in [6.07, 6.45) is 1.96. The van der Waals surface area contributed by atoms with Gasteiger partial charge in [-0.1, -0.05) is 18.5 Å². The Morgan fingerprint density at radius 1 is 1.33 bits per heavy atom. The van der Waals surface area contributed by atoms with E-state index in [1.807, 2.05) is 6.92 Å². The van der Waals surface area contributed by atoms with E-state index in [2.05, 4.69) is 10.4 Å². The van der Waals surface area contributed by atoms with Crippen LogP contribution in [0.15, 0.2) is 29.2 Å². The molecular formula is C13H17ClN4O2S. The lowest BCUT2D eigenvalue weighted by Gasteiger charge is -2.04. The molecule has 0 bridgehead atoms. The molecule has 114 valence electrons. The maximum absolute atomic E-state index is 11.9. The number of sulfone groups is 1. The van der Waals surface area contributed by atoms with Crippen molar-refractivity contribution in [1.29, 1.82) is 0 Å². The van der Waals surface area contributed by atoms with Crippen molar-refractivity contribution >= 4 is 33.1 Å². The van der Waals surface area contributed by atoms with Crippen LogP contribution in [0.2, 0.25) is 5.02 Å². The molecule has 0 aliphatic rings. The van der Waals surface area contributed by atoms with Crippen LogP contribution in [0.3, 0.4) is 0 Å². The third-order valence-electron chi connectivity index (χ3n) is 2.86. The van der Waals surface area contributed by atoms with Gasteiger partial charge in [0.15, 0.2) is 20.6 Å². The van der Waals surface area contributed by atoms with E-state index in [1.165, 1.54) is 4.68 Å². The van der Waals surface area contributed by atoms with Crippen LogP contribution in [-0.4, -0.2) is 31.0 Å². The Kier molecular flexibility index (Phi) is 4.43. The van der Waals surface area contributed by atoms with Crippen molar-refractivity contribution in [3.63, 3.8) is 0 Å². The first-order valence-electron chi connectivity index (χ1n) is 6.43. The zero-order chi connectivity index (χ0) is 15.6. The largest absolute Gasteiger partial charge is 0.382 e. The number of hydrogen-bond donors (Lipinski definition) is 2. The molecule has 0 atom stereocenters. The lowest BCUT2D eigenvalue weighted by molar-refractivity contribution is 0.602. The van der Waals surface area contributed by atoms with E-state index in [1.54, 1.807) is 24.3 Å². The van der Waals surface area contributed by atoms with Crippen molar-refractivity contribution in [2.45, 2.75) is 18.2 Å². The molecule has 0 saturated carbocycles. The zero-order valence-electron chi connectivity index (χ0n) is 11.8. The summed E-state index contributed by atoms with van der Waals surface area (Å²) < 4.78 is 25.3. The first kappa shape index (κ1) is 15.7. The first-order valence-corrected chi connectivity index (χ1v) is 8.70. The SMILES string of the molecule is CCCNc1nn(-c2ccc(Cl)cc2)c(N)c1S(C)(=O)=O. The van der Waals surface area contributed by atoms with Gasteiger partial charge in [0.25, 0.3) is 0 Å². The highest BCUT2D eigenvalue weighted by Gasteiger charge is 2.24. The summed E-state index contributed by atoms with van der Waals surface area (Å²) in [5, 5.41) is 7.85. The Bertz CT molecular complexity index is 738. The van der Waals surface area contributed by atoms with Crippen molar-refractivity contribution < 1.29 is 8.42 Å². The maximum atomic E-state index is 11.9. The third kappa shape index (κ3) is 3.30. The number of rotatable bonds is 5. The van der Waals surface area contributed by atoms with Gasteiger partial charge in [0.2, 0.25) is 0 Å². The molecular weight excluding hydrogens is 312 g/mol. The van der Waals surface area contributed by atoms with Crippen molar-refractivity contribution in [3.8, 4) is 5.69 Å². The molecule has 0 spiro atoms. The summed E-state index contributed by atoms with van der Waals surface area (Å²) in [6, 6.07) is 6.83. The minimum absolute atomic E-state index is 0.0194. The Hall–Kier alpha value is -1.73. The minimum atomic E-state index is -3.49. The fourth-order valence-corrected chi connectivity index (χ4v) is 2.98. The van der Waals surface area contributed by atoms with Crippen LogP contribution in [0.4, 0.5) is 11.6 Å². The number of halogens is 1. The van der Waals surface area contributed by atoms with Crippen LogP contribution in [0, 0.1) is 0 Å². The van der Waals surface area contributed by atoms with Crippen LogP contribution in [-0.2, 0) is 9.84 Å². The Morgan fingerprint density at radius 3 is 2.48 bits per heavy atom. The normalized spacial score (nSPS) is 11.6. The second-order valence-corrected chi connectivity index (χ2v) is 7.04. The molecule has 1 aromatic heterocycles. The lowest BCUT2D eigenvalue weighted by Crippen LogP contribution is -2.07. The molecule has 2 rings (SSSR count). The lowest BCUT2D eigenvalue weighted by atomic mass is 10.3. The molecule has 0 fully saturated rings. The minimum Gasteiger partial charge on any atom is -0.382 e. The fourth-order valence-electron chi connectivity index (χ4n) is 1.92. The first-order chi connectivity index (χ1) is 9.84. The van der Waals surface area contributed by atoms with Crippen LogP contribution in [0.1, 0.15) is 13.3 Å². The maximum Gasteiger partial charge on any atom is 0.182 e. The topological polar surface area (TPSA) is 90.0 Å². The van der Waals surface area contributed by atoms with Crippen molar-refractivity contribution in [1.82, 2.24) is 9.78 Å². The van der Waals surface area contributed by atoms with Gasteiger partial charge in [0, 0.05) is 17.8 Å². The molecule has 0 radical (unpaired) electrons. The van der Waals surface area contributed by atoms with Crippen molar-refractivity contribution in [3.05, 3.63) is 29.3 Å². The number of hydrogen-bond acceptors (Lipinski definition) is 5. The molecule has 21 heavy (non-hydrogen) atoms. The molecule has 0 amide bonds. The van der Waals surface area contributed by atoms with Crippen molar-refractivity contribution in [2.75, 3.05) is 23.9 Å². The summed E-state index contributed by atoms with van der Waals surface area (Å²) in [6.45, 7) is 2.59. The summed E-state index contributed by atoms with van der Waals surface area (Å²) in [4.78, 5) is 0.0194. The molecule has 6 nitrogen and oxygen atoms in total. The molecule has 1 heterocycles. The Morgan fingerprint density at radius 2 is 1.95 bits per heavy atom. The second-order valence-electron chi connectivity index (χ2n) is 4.65. The second kappa shape index (κ2) is 5.95. The summed E-state index contributed by atoms with van der Waals surface area (Å²) >= 11 is 5.85. The highest BCUT2D eigenvalue weighted by atomic mass is 35.5. The number of nitrogens with two attached hydrogens (primary N) is 1. The van der Waals surface area contributed by atoms with Crippen LogP contribution >= 0.6 is 11.6 Å². The molecule has 1 aromatic carbocycles.